The molecule has 0 amide bonds. The SMILES string of the molecule is COc1ccc(N)cc1C(=O)OCOCC(F)(F)F. The molecule has 2 N–H and O–H groups in total. The van der Waals surface area contributed by atoms with Crippen molar-refractivity contribution >= 4 is 11.7 Å². The number of esters is 1. The minimum Gasteiger partial charge on any atom is -0.496 e. The topological polar surface area (TPSA) is 70.8 Å². The summed E-state index contributed by atoms with van der Waals surface area (Å²) in [6.07, 6.45) is -4.47. The van der Waals surface area contributed by atoms with Gasteiger partial charge in [-0.25, -0.2) is 4.79 Å². The molecule has 0 aliphatic rings. The predicted octanol–water partition coefficient (Wildman–Crippen LogP) is 1.97. The number of anilines is 1. The van der Waals surface area contributed by atoms with Crippen molar-refractivity contribution in [1.82, 2.24) is 0 Å². The van der Waals surface area contributed by atoms with E-state index in [-0.39, 0.29) is 11.3 Å². The number of benzene rings is 1. The molecular weight excluding hydrogens is 267 g/mol. The van der Waals surface area contributed by atoms with Crippen LogP contribution in [0.5, 0.6) is 5.75 Å². The second kappa shape index (κ2) is 6.28. The molecule has 0 fully saturated rings. The van der Waals surface area contributed by atoms with Gasteiger partial charge in [0.15, 0.2) is 6.79 Å². The molecule has 0 bridgehead atoms. The number of alkyl halides is 3. The maximum atomic E-state index is 11.8. The highest BCUT2D eigenvalue weighted by Crippen LogP contribution is 2.22. The number of ether oxygens (including phenoxy) is 3. The van der Waals surface area contributed by atoms with E-state index < -0.39 is 25.5 Å². The molecule has 0 atom stereocenters. The molecule has 8 heteroatoms. The molecule has 0 aromatic heterocycles. The summed E-state index contributed by atoms with van der Waals surface area (Å²) in [7, 11) is 1.34. The number of methoxy groups -OCH3 is 1. The van der Waals surface area contributed by atoms with E-state index in [4.69, 9.17) is 10.5 Å². The Balaban J connectivity index is 2.56. The van der Waals surface area contributed by atoms with E-state index in [0.717, 1.165) is 0 Å². The van der Waals surface area contributed by atoms with Crippen LogP contribution in [0.25, 0.3) is 0 Å². The van der Waals surface area contributed by atoms with Gasteiger partial charge < -0.3 is 19.9 Å². The molecule has 0 heterocycles. The van der Waals surface area contributed by atoms with Gasteiger partial charge >= 0.3 is 12.1 Å². The van der Waals surface area contributed by atoms with Crippen LogP contribution in [0.3, 0.4) is 0 Å². The maximum Gasteiger partial charge on any atom is 0.411 e. The average molecular weight is 279 g/mol. The van der Waals surface area contributed by atoms with Crippen LogP contribution < -0.4 is 10.5 Å². The van der Waals surface area contributed by atoms with Gasteiger partial charge in [0.1, 0.15) is 17.9 Å². The van der Waals surface area contributed by atoms with Crippen LogP contribution in [-0.4, -0.2) is 32.7 Å². The zero-order chi connectivity index (χ0) is 14.5. The smallest absolute Gasteiger partial charge is 0.411 e. The Bertz CT molecular complexity index is 448. The van der Waals surface area contributed by atoms with E-state index in [1.807, 2.05) is 0 Å². The third kappa shape index (κ3) is 5.04. The van der Waals surface area contributed by atoms with Gasteiger partial charge in [-0.15, -0.1) is 0 Å². The number of rotatable bonds is 5. The molecule has 106 valence electrons. The molecule has 0 spiro atoms. The van der Waals surface area contributed by atoms with Crippen LogP contribution in [0.1, 0.15) is 10.4 Å². The Morgan fingerprint density at radius 2 is 2.05 bits per heavy atom. The number of nitrogen functional groups attached to an aromatic ring is 1. The second-order valence-electron chi connectivity index (χ2n) is 3.47. The van der Waals surface area contributed by atoms with Crippen LogP contribution in [0, 0.1) is 0 Å². The standard InChI is InChI=1S/C11H12F3NO4/c1-17-9-3-2-7(15)4-8(9)10(16)19-6-18-5-11(12,13)14/h2-4H,5-6,15H2,1H3. The second-order valence-corrected chi connectivity index (χ2v) is 3.47. The number of hydrogen-bond donors (Lipinski definition) is 1. The van der Waals surface area contributed by atoms with Crippen LogP contribution in [-0.2, 0) is 9.47 Å². The quantitative estimate of drug-likeness (QED) is 0.386. The lowest BCUT2D eigenvalue weighted by molar-refractivity contribution is -0.190. The fourth-order valence-electron chi connectivity index (χ4n) is 1.22. The number of carbonyl (C=O) groups is 1. The van der Waals surface area contributed by atoms with Gasteiger partial charge in [-0.2, -0.15) is 13.2 Å². The summed E-state index contributed by atoms with van der Waals surface area (Å²) in [5.74, 6) is -0.679. The van der Waals surface area contributed by atoms with Crippen molar-refractivity contribution < 1.29 is 32.2 Å². The minimum atomic E-state index is -4.47. The Labute approximate surface area is 107 Å². The third-order valence-electron chi connectivity index (χ3n) is 1.98. The average Bonchev–Trinajstić information content (AvgIpc) is 2.33. The fraction of sp³-hybridized carbons (Fsp3) is 0.364. The van der Waals surface area contributed by atoms with Crippen molar-refractivity contribution in [3.8, 4) is 5.75 Å². The number of hydrogen-bond acceptors (Lipinski definition) is 5. The van der Waals surface area contributed by atoms with Crippen molar-refractivity contribution in [2.24, 2.45) is 0 Å². The highest BCUT2D eigenvalue weighted by Gasteiger charge is 2.27. The summed E-state index contributed by atoms with van der Waals surface area (Å²) in [5.41, 5.74) is 5.80. The van der Waals surface area contributed by atoms with Crippen molar-refractivity contribution in [1.29, 1.82) is 0 Å². The molecule has 1 aromatic carbocycles. The van der Waals surface area contributed by atoms with Gasteiger partial charge in [-0.3, -0.25) is 0 Å². The van der Waals surface area contributed by atoms with Crippen molar-refractivity contribution in [2.45, 2.75) is 6.18 Å². The third-order valence-corrected chi connectivity index (χ3v) is 1.98. The molecule has 0 saturated heterocycles. The number of carbonyl (C=O) groups excluding carboxylic acids is 1. The minimum absolute atomic E-state index is 0.0121. The molecule has 1 aromatic rings. The lowest BCUT2D eigenvalue weighted by Gasteiger charge is -2.10. The zero-order valence-electron chi connectivity index (χ0n) is 9.99. The molecule has 0 aliphatic carbocycles. The van der Waals surface area contributed by atoms with Gasteiger partial charge in [0.25, 0.3) is 0 Å². The van der Waals surface area contributed by atoms with E-state index in [0.29, 0.717) is 5.69 Å². The molecule has 0 radical (unpaired) electrons. The summed E-state index contributed by atoms with van der Waals surface area (Å²) < 4.78 is 48.9. The molecular formula is C11H12F3NO4. The molecule has 1 rings (SSSR count). The van der Waals surface area contributed by atoms with E-state index in [1.165, 1.54) is 25.3 Å². The Kier molecular flexibility index (Phi) is 4.99. The predicted molar refractivity (Wildman–Crippen MR) is 59.7 cm³/mol. The fourth-order valence-corrected chi connectivity index (χ4v) is 1.22. The summed E-state index contributed by atoms with van der Waals surface area (Å²) in [6, 6.07) is 4.25. The normalized spacial score (nSPS) is 11.2. The van der Waals surface area contributed by atoms with E-state index in [1.54, 1.807) is 0 Å². The molecule has 0 saturated carbocycles. The highest BCUT2D eigenvalue weighted by atomic mass is 19.4. The lowest BCUT2D eigenvalue weighted by Crippen LogP contribution is -2.19. The van der Waals surface area contributed by atoms with Gasteiger partial charge in [0.05, 0.1) is 7.11 Å². The number of halogens is 3. The van der Waals surface area contributed by atoms with Gasteiger partial charge in [0, 0.05) is 5.69 Å². The summed E-state index contributed by atoms with van der Waals surface area (Å²) in [5, 5.41) is 0. The molecule has 0 aliphatic heterocycles. The van der Waals surface area contributed by atoms with Gasteiger partial charge in [-0.05, 0) is 18.2 Å². The van der Waals surface area contributed by atoms with E-state index in [9.17, 15) is 18.0 Å². The van der Waals surface area contributed by atoms with Crippen LogP contribution in [0.4, 0.5) is 18.9 Å². The molecule has 5 nitrogen and oxygen atoms in total. The summed E-state index contributed by atoms with van der Waals surface area (Å²) >= 11 is 0. The molecule has 0 unspecified atom stereocenters. The lowest BCUT2D eigenvalue weighted by atomic mass is 10.2. The van der Waals surface area contributed by atoms with Gasteiger partial charge in [0.2, 0.25) is 0 Å². The van der Waals surface area contributed by atoms with Crippen LogP contribution >= 0.6 is 0 Å². The Morgan fingerprint density at radius 1 is 1.37 bits per heavy atom. The Morgan fingerprint density at radius 3 is 2.63 bits per heavy atom. The first-order chi connectivity index (χ1) is 8.83. The summed E-state index contributed by atoms with van der Waals surface area (Å²) in [6.45, 7) is -2.30. The first-order valence-corrected chi connectivity index (χ1v) is 5.08. The Hall–Kier alpha value is -1.96. The number of nitrogens with two attached hydrogens (primary N) is 1. The molecule has 19 heavy (non-hydrogen) atoms. The monoisotopic (exact) mass is 279 g/mol. The van der Waals surface area contributed by atoms with E-state index >= 15 is 0 Å². The van der Waals surface area contributed by atoms with E-state index in [2.05, 4.69) is 9.47 Å². The van der Waals surface area contributed by atoms with Crippen molar-refractivity contribution in [2.75, 3.05) is 26.2 Å². The van der Waals surface area contributed by atoms with Crippen LogP contribution in [0.15, 0.2) is 18.2 Å². The van der Waals surface area contributed by atoms with Crippen LogP contribution in [0.2, 0.25) is 0 Å². The zero-order valence-corrected chi connectivity index (χ0v) is 9.99. The summed E-state index contributed by atoms with van der Waals surface area (Å²) in [4.78, 5) is 11.6. The van der Waals surface area contributed by atoms with Crippen molar-refractivity contribution in [3.63, 3.8) is 0 Å². The maximum absolute atomic E-state index is 11.8. The first-order valence-electron chi connectivity index (χ1n) is 5.08. The highest BCUT2D eigenvalue weighted by molar-refractivity contribution is 5.93. The van der Waals surface area contributed by atoms with Gasteiger partial charge in [-0.1, -0.05) is 0 Å². The van der Waals surface area contributed by atoms with Crippen molar-refractivity contribution in [3.05, 3.63) is 23.8 Å². The largest absolute Gasteiger partial charge is 0.496 e. The first kappa shape index (κ1) is 15.1.